The molecule has 15 heavy (non-hydrogen) atoms. The van der Waals surface area contributed by atoms with Crippen molar-refractivity contribution in [1.29, 1.82) is 0 Å². The van der Waals surface area contributed by atoms with Gasteiger partial charge in [0.1, 0.15) is 0 Å². The van der Waals surface area contributed by atoms with E-state index in [-0.39, 0.29) is 0 Å². The van der Waals surface area contributed by atoms with Crippen LogP contribution in [0.2, 0.25) is 5.02 Å². The van der Waals surface area contributed by atoms with Gasteiger partial charge in [0.15, 0.2) is 0 Å². The van der Waals surface area contributed by atoms with Crippen LogP contribution in [0.3, 0.4) is 0 Å². The maximum atomic E-state index is 10.5. The second-order valence-electron chi connectivity index (χ2n) is 4.15. The van der Waals surface area contributed by atoms with Crippen LogP contribution in [0.25, 0.3) is 0 Å². The first-order valence-corrected chi connectivity index (χ1v) is 5.70. The summed E-state index contributed by atoms with van der Waals surface area (Å²) in [4.78, 5) is 0. The van der Waals surface area contributed by atoms with Crippen molar-refractivity contribution in [1.82, 2.24) is 5.32 Å². The standard InChI is InChI=1S/C12H16ClNO/c1-14-8-7-12(15)6-5-9-10(12)3-2-4-11(9)13/h2-4,14-15H,5-8H2,1H3. The van der Waals surface area contributed by atoms with Crippen molar-refractivity contribution < 1.29 is 5.11 Å². The Morgan fingerprint density at radius 2 is 2.33 bits per heavy atom. The average molecular weight is 226 g/mol. The van der Waals surface area contributed by atoms with Gasteiger partial charge < -0.3 is 10.4 Å². The van der Waals surface area contributed by atoms with Crippen molar-refractivity contribution >= 4 is 11.6 Å². The van der Waals surface area contributed by atoms with Gasteiger partial charge >= 0.3 is 0 Å². The maximum Gasteiger partial charge on any atom is 0.0915 e. The van der Waals surface area contributed by atoms with E-state index in [9.17, 15) is 5.11 Å². The molecule has 2 rings (SSSR count). The van der Waals surface area contributed by atoms with E-state index in [2.05, 4.69) is 5.32 Å². The summed E-state index contributed by atoms with van der Waals surface area (Å²) in [7, 11) is 1.90. The van der Waals surface area contributed by atoms with E-state index >= 15 is 0 Å². The molecular formula is C12H16ClNO. The third-order valence-corrected chi connectivity index (χ3v) is 3.55. The average Bonchev–Trinajstić information content (AvgIpc) is 2.56. The fraction of sp³-hybridized carbons (Fsp3) is 0.500. The zero-order chi connectivity index (χ0) is 10.9. The minimum atomic E-state index is -0.677. The molecule has 0 heterocycles. The summed E-state index contributed by atoms with van der Waals surface area (Å²) < 4.78 is 0. The minimum Gasteiger partial charge on any atom is -0.385 e. The molecule has 0 bridgehead atoms. The van der Waals surface area contributed by atoms with Gasteiger partial charge in [0.2, 0.25) is 0 Å². The molecule has 1 aliphatic rings. The summed E-state index contributed by atoms with van der Waals surface area (Å²) in [5.41, 5.74) is 1.46. The number of benzene rings is 1. The molecule has 0 fully saturated rings. The third-order valence-electron chi connectivity index (χ3n) is 3.20. The van der Waals surface area contributed by atoms with Crippen molar-refractivity contribution in [3.05, 3.63) is 34.3 Å². The van der Waals surface area contributed by atoms with Crippen LogP contribution in [0, 0.1) is 0 Å². The lowest BCUT2D eigenvalue weighted by molar-refractivity contribution is 0.0303. The predicted molar refractivity (Wildman–Crippen MR) is 62.2 cm³/mol. The predicted octanol–water partition coefficient (Wildman–Crippen LogP) is 2.08. The Morgan fingerprint density at radius 1 is 1.53 bits per heavy atom. The normalized spacial score (nSPS) is 24.2. The molecule has 0 radical (unpaired) electrons. The molecule has 3 heteroatoms. The van der Waals surface area contributed by atoms with Crippen LogP contribution >= 0.6 is 11.6 Å². The monoisotopic (exact) mass is 225 g/mol. The molecule has 0 amide bonds. The number of halogens is 1. The molecule has 2 nitrogen and oxygen atoms in total. The van der Waals surface area contributed by atoms with E-state index < -0.39 is 5.60 Å². The lowest BCUT2D eigenvalue weighted by Gasteiger charge is -2.23. The Bertz CT molecular complexity index is 367. The summed E-state index contributed by atoms with van der Waals surface area (Å²) >= 11 is 6.10. The first-order chi connectivity index (χ1) is 7.17. The van der Waals surface area contributed by atoms with Gasteiger partial charge in [0.25, 0.3) is 0 Å². The van der Waals surface area contributed by atoms with Gasteiger partial charge in [-0.2, -0.15) is 0 Å². The van der Waals surface area contributed by atoms with Crippen molar-refractivity contribution in [3.8, 4) is 0 Å². The van der Waals surface area contributed by atoms with E-state index in [0.717, 1.165) is 42.0 Å². The lowest BCUT2D eigenvalue weighted by atomic mass is 9.92. The van der Waals surface area contributed by atoms with E-state index in [1.54, 1.807) is 0 Å². The summed E-state index contributed by atoms with van der Waals surface area (Å²) in [5.74, 6) is 0. The molecule has 0 saturated heterocycles. The summed E-state index contributed by atoms with van der Waals surface area (Å²) in [6.45, 7) is 0.822. The van der Waals surface area contributed by atoms with E-state index in [4.69, 9.17) is 11.6 Å². The highest BCUT2D eigenvalue weighted by atomic mass is 35.5. The molecule has 0 aromatic heterocycles. The van der Waals surface area contributed by atoms with Crippen LogP contribution in [0.15, 0.2) is 18.2 Å². The first kappa shape index (κ1) is 10.9. The van der Waals surface area contributed by atoms with Crippen molar-refractivity contribution in [2.45, 2.75) is 24.9 Å². The molecule has 2 N–H and O–H groups in total. The number of hydrogen-bond donors (Lipinski definition) is 2. The quantitative estimate of drug-likeness (QED) is 0.826. The number of rotatable bonds is 3. The highest BCUT2D eigenvalue weighted by Crippen LogP contribution is 2.41. The Labute approximate surface area is 95.3 Å². The molecule has 0 spiro atoms. The van der Waals surface area contributed by atoms with Crippen molar-refractivity contribution in [3.63, 3.8) is 0 Å². The zero-order valence-electron chi connectivity index (χ0n) is 8.89. The van der Waals surface area contributed by atoms with Gasteiger partial charge in [-0.25, -0.2) is 0 Å². The van der Waals surface area contributed by atoms with Crippen LogP contribution in [0.4, 0.5) is 0 Å². The van der Waals surface area contributed by atoms with Gasteiger partial charge in [-0.3, -0.25) is 0 Å². The second kappa shape index (κ2) is 4.12. The van der Waals surface area contributed by atoms with Crippen LogP contribution in [-0.2, 0) is 12.0 Å². The SMILES string of the molecule is CNCCC1(O)CCc2c(Cl)cccc21. The maximum absolute atomic E-state index is 10.5. The van der Waals surface area contributed by atoms with E-state index in [0.29, 0.717) is 0 Å². The molecule has 82 valence electrons. The van der Waals surface area contributed by atoms with Crippen molar-refractivity contribution in [2.75, 3.05) is 13.6 Å². The number of aliphatic hydroxyl groups is 1. The van der Waals surface area contributed by atoms with Crippen LogP contribution < -0.4 is 5.32 Å². The molecule has 0 saturated carbocycles. The lowest BCUT2D eigenvalue weighted by Crippen LogP contribution is -2.27. The fourth-order valence-corrected chi connectivity index (χ4v) is 2.58. The largest absolute Gasteiger partial charge is 0.385 e. The van der Waals surface area contributed by atoms with Gasteiger partial charge in [-0.05, 0) is 50.0 Å². The Balaban J connectivity index is 2.31. The van der Waals surface area contributed by atoms with Gasteiger partial charge in [-0.15, -0.1) is 0 Å². The van der Waals surface area contributed by atoms with E-state index in [1.165, 1.54) is 0 Å². The molecule has 1 aromatic rings. The van der Waals surface area contributed by atoms with Crippen LogP contribution in [0.1, 0.15) is 24.0 Å². The highest BCUT2D eigenvalue weighted by Gasteiger charge is 2.36. The van der Waals surface area contributed by atoms with Crippen molar-refractivity contribution in [2.24, 2.45) is 0 Å². The fourth-order valence-electron chi connectivity index (χ4n) is 2.31. The zero-order valence-corrected chi connectivity index (χ0v) is 9.64. The number of fused-ring (bicyclic) bond motifs is 1. The molecular weight excluding hydrogens is 210 g/mol. The van der Waals surface area contributed by atoms with Crippen LogP contribution in [0.5, 0.6) is 0 Å². The minimum absolute atomic E-state index is 0.677. The topological polar surface area (TPSA) is 32.3 Å². The summed E-state index contributed by atoms with van der Waals surface area (Å²) in [6, 6.07) is 5.80. The third kappa shape index (κ3) is 1.89. The second-order valence-corrected chi connectivity index (χ2v) is 4.56. The Kier molecular flexibility index (Phi) is 3.01. The highest BCUT2D eigenvalue weighted by molar-refractivity contribution is 6.31. The Hall–Kier alpha value is -0.570. The van der Waals surface area contributed by atoms with Gasteiger partial charge in [0, 0.05) is 5.02 Å². The Morgan fingerprint density at radius 3 is 3.07 bits per heavy atom. The number of nitrogens with one attached hydrogen (secondary N) is 1. The van der Waals surface area contributed by atoms with Crippen LogP contribution in [-0.4, -0.2) is 18.7 Å². The summed E-state index contributed by atoms with van der Waals surface area (Å²) in [6.07, 6.45) is 2.42. The molecule has 1 unspecified atom stereocenters. The van der Waals surface area contributed by atoms with Gasteiger partial charge in [-0.1, -0.05) is 23.7 Å². The molecule has 0 aliphatic heterocycles. The molecule has 1 aromatic carbocycles. The smallest absolute Gasteiger partial charge is 0.0915 e. The molecule has 1 aliphatic carbocycles. The summed E-state index contributed by atoms with van der Waals surface area (Å²) in [5, 5.41) is 14.4. The first-order valence-electron chi connectivity index (χ1n) is 5.32. The number of hydrogen-bond acceptors (Lipinski definition) is 2. The van der Waals surface area contributed by atoms with Gasteiger partial charge in [0.05, 0.1) is 5.60 Å². The molecule has 1 atom stereocenters. The van der Waals surface area contributed by atoms with E-state index in [1.807, 2.05) is 25.2 Å².